The lowest BCUT2D eigenvalue weighted by Crippen LogP contribution is -2.04. The molecule has 2 rings (SSSR count). The van der Waals surface area contributed by atoms with Gasteiger partial charge in [-0.25, -0.2) is 0 Å². The molecule has 1 aliphatic carbocycles. The fourth-order valence-corrected chi connectivity index (χ4v) is 2.41. The van der Waals surface area contributed by atoms with E-state index in [4.69, 9.17) is 0 Å². The molecule has 14 heavy (non-hydrogen) atoms. The number of nitrogens with one attached hydrogen (secondary N) is 1. The van der Waals surface area contributed by atoms with Crippen LogP contribution in [-0.4, -0.2) is 11.0 Å². The van der Waals surface area contributed by atoms with Crippen LogP contribution in [0.3, 0.4) is 0 Å². The van der Waals surface area contributed by atoms with E-state index < -0.39 is 0 Å². The molecule has 0 saturated heterocycles. The van der Waals surface area contributed by atoms with Crippen LogP contribution in [0.2, 0.25) is 0 Å². The van der Waals surface area contributed by atoms with Crippen molar-refractivity contribution < 1.29 is 4.92 Å². The summed E-state index contributed by atoms with van der Waals surface area (Å²) in [5, 5.41) is 16.3. The fourth-order valence-electron chi connectivity index (χ4n) is 1.60. The van der Waals surface area contributed by atoms with Gasteiger partial charge in [-0.05, 0) is 17.7 Å². The van der Waals surface area contributed by atoms with E-state index in [1.807, 2.05) is 0 Å². The number of nitrogens with zero attached hydrogens (tertiary/aromatic N) is 1. The lowest BCUT2D eigenvalue weighted by Gasteiger charge is -2.00. The fraction of sp³-hybridized carbons (Fsp3) is 0.556. The Morgan fingerprint density at radius 3 is 3.14 bits per heavy atom. The minimum absolute atomic E-state index is 0.205. The second-order valence-corrected chi connectivity index (χ2v) is 4.46. The zero-order valence-electron chi connectivity index (χ0n) is 7.90. The molecule has 0 radical (unpaired) electrons. The average Bonchev–Trinajstić information content (AvgIpc) is 2.71. The van der Waals surface area contributed by atoms with Crippen LogP contribution in [0.4, 0.5) is 10.7 Å². The normalized spacial score (nSPS) is 24.6. The lowest BCUT2D eigenvalue weighted by atomic mass is 10.3. The van der Waals surface area contributed by atoms with Crippen molar-refractivity contribution in [1.29, 1.82) is 0 Å². The number of nitro groups is 1. The zero-order valence-corrected chi connectivity index (χ0v) is 8.71. The van der Waals surface area contributed by atoms with Crippen molar-refractivity contribution in [2.45, 2.75) is 25.8 Å². The second-order valence-electron chi connectivity index (χ2n) is 3.55. The molecule has 76 valence electrons. The topological polar surface area (TPSA) is 55.2 Å². The van der Waals surface area contributed by atoms with Crippen molar-refractivity contribution in [3.05, 3.63) is 21.6 Å². The van der Waals surface area contributed by atoms with E-state index >= 15 is 0 Å². The molecular weight excluding hydrogens is 200 g/mol. The van der Waals surface area contributed by atoms with E-state index in [-0.39, 0.29) is 10.6 Å². The van der Waals surface area contributed by atoms with Gasteiger partial charge in [-0.2, -0.15) is 0 Å². The Morgan fingerprint density at radius 2 is 2.57 bits per heavy atom. The number of rotatable bonds is 4. The highest BCUT2D eigenvalue weighted by Gasteiger charge is 2.36. The van der Waals surface area contributed by atoms with Gasteiger partial charge in [-0.15, -0.1) is 11.3 Å². The van der Waals surface area contributed by atoms with Crippen molar-refractivity contribution in [2.75, 3.05) is 5.32 Å². The summed E-state index contributed by atoms with van der Waals surface area (Å²) in [7, 11) is 0. The lowest BCUT2D eigenvalue weighted by molar-refractivity contribution is -0.383. The molecule has 0 bridgehead atoms. The maximum Gasteiger partial charge on any atom is 0.303 e. The van der Waals surface area contributed by atoms with Crippen LogP contribution in [0.5, 0.6) is 0 Å². The molecule has 1 aromatic rings. The summed E-state index contributed by atoms with van der Waals surface area (Å²) in [4.78, 5) is 10.3. The first-order valence-corrected chi connectivity index (χ1v) is 5.58. The second kappa shape index (κ2) is 3.57. The van der Waals surface area contributed by atoms with E-state index in [1.54, 1.807) is 11.4 Å². The van der Waals surface area contributed by atoms with Gasteiger partial charge < -0.3 is 5.32 Å². The number of thiophene rings is 1. The molecule has 0 aromatic carbocycles. The van der Waals surface area contributed by atoms with Gasteiger partial charge in [-0.1, -0.05) is 13.3 Å². The quantitative estimate of drug-likeness (QED) is 0.616. The van der Waals surface area contributed by atoms with E-state index in [9.17, 15) is 10.1 Å². The summed E-state index contributed by atoms with van der Waals surface area (Å²) in [6.07, 6.45) is 2.29. The molecule has 1 aromatic heterocycles. The molecule has 1 N–H and O–H groups in total. The maximum atomic E-state index is 10.6. The van der Waals surface area contributed by atoms with E-state index in [1.165, 1.54) is 11.3 Å². The van der Waals surface area contributed by atoms with Crippen LogP contribution in [-0.2, 0) is 0 Å². The van der Waals surface area contributed by atoms with Crippen LogP contribution in [0, 0.1) is 16.0 Å². The minimum atomic E-state index is -0.331. The van der Waals surface area contributed by atoms with Crippen molar-refractivity contribution in [2.24, 2.45) is 5.92 Å². The van der Waals surface area contributed by atoms with E-state index in [0.29, 0.717) is 17.0 Å². The summed E-state index contributed by atoms with van der Waals surface area (Å²) in [6, 6.07) is 2.01. The molecule has 1 fully saturated rings. The van der Waals surface area contributed by atoms with Gasteiger partial charge in [0.1, 0.15) is 0 Å². The molecule has 0 amide bonds. The third-order valence-corrected chi connectivity index (χ3v) is 3.44. The van der Waals surface area contributed by atoms with Crippen molar-refractivity contribution in [3.63, 3.8) is 0 Å². The van der Waals surface area contributed by atoms with E-state index in [2.05, 4.69) is 12.2 Å². The monoisotopic (exact) mass is 212 g/mol. The minimum Gasteiger partial charge on any atom is -0.368 e. The SMILES string of the molecule is CCC1CC1Nc1sccc1[N+](=O)[O-]. The van der Waals surface area contributed by atoms with Gasteiger partial charge in [0, 0.05) is 12.1 Å². The third kappa shape index (κ3) is 1.72. The molecule has 0 spiro atoms. The van der Waals surface area contributed by atoms with Crippen LogP contribution >= 0.6 is 11.3 Å². The summed E-state index contributed by atoms with van der Waals surface area (Å²) in [5.74, 6) is 0.705. The number of hydrogen-bond donors (Lipinski definition) is 1. The Labute approximate surface area is 86.1 Å². The summed E-state index contributed by atoms with van der Waals surface area (Å²) in [5.41, 5.74) is 0.205. The van der Waals surface area contributed by atoms with Crippen molar-refractivity contribution in [3.8, 4) is 0 Å². The van der Waals surface area contributed by atoms with Crippen LogP contribution in [0.15, 0.2) is 11.4 Å². The first kappa shape index (κ1) is 9.45. The third-order valence-electron chi connectivity index (χ3n) is 2.60. The summed E-state index contributed by atoms with van der Waals surface area (Å²) >= 11 is 1.41. The first-order valence-electron chi connectivity index (χ1n) is 4.70. The average molecular weight is 212 g/mol. The van der Waals surface area contributed by atoms with Crippen molar-refractivity contribution in [1.82, 2.24) is 0 Å². The van der Waals surface area contributed by atoms with Crippen LogP contribution in [0.25, 0.3) is 0 Å². The Morgan fingerprint density at radius 1 is 1.79 bits per heavy atom. The Hall–Kier alpha value is -1.10. The number of anilines is 1. The molecule has 4 nitrogen and oxygen atoms in total. The first-order chi connectivity index (χ1) is 6.72. The van der Waals surface area contributed by atoms with Crippen LogP contribution in [0.1, 0.15) is 19.8 Å². The molecular formula is C9H12N2O2S. The zero-order chi connectivity index (χ0) is 10.1. The largest absolute Gasteiger partial charge is 0.368 e. The van der Waals surface area contributed by atoms with Gasteiger partial charge >= 0.3 is 5.69 Å². The Kier molecular flexibility index (Phi) is 2.41. The number of hydrogen-bond acceptors (Lipinski definition) is 4. The molecule has 0 aliphatic heterocycles. The molecule has 2 atom stereocenters. The summed E-state index contributed by atoms with van der Waals surface area (Å²) < 4.78 is 0. The smallest absolute Gasteiger partial charge is 0.303 e. The molecule has 1 heterocycles. The molecule has 1 aliphatic rings. The van der Waals surface area contributed by atoms with Gasteiger partial charge in [0.25, 0.3) is 0 Å². The predicted octanol–water partition coefficient (Wildman–Crippen LogP) is 2.87. The van der Waals surface area contributed by atoms with Crippen molar-refractivity contribution >= 4 is 22.0 Å². The Bertz CT molecular complexity index is 350. The van der Waals surface area contributed by atoms with Gasteiger partial charge in [0.05, 0.1) is 4.92 Å². The standard InChI is InChI=1S/C9H12N2O2S/c1-2-6-5-7(6)10-9-8(11(12)13)3-4-14-9/h3-4,6-7,10H,2,5H2,1H3. The van der Waals surface area contributed by atoms with Crippen LogP contribution < -0.4 is 5.32 Å². The molecule has 1 saturated carbocycles. The predicted molar refractivity (Wildman–Crippen MR) is 56.8 cm³/mol. The molecule has 5 heteroatoms. The highest BCUT2D eigenvalue weighted by molar-refractivity contribution is 7.14. The van der Waals surface area contributed by atoms with E-state index in [0.717, 1.165) is 12.8 Å². The highest BCUT2D eigenvalue weighted by atomic mass is 32.1. The Balaban J connectivity index is 2.03. The highest BCUT2D eigenvalue weighted by Crippen LogP contribution is 2.40. The summed E-state index contributed by atoms with van der Waals surface area (Å²) in [6.45, 7) is 2.15. The van der Waals surface area contributed by atoms with Gasteiger partial charge in [-0.3, -0.25) is 10.1 Å². The maximum absolute atomic E-state index is 10.6. The molecule has 2 unspecified atom stereocenters. The van der Waals surface area contributed by atoms with Gasteiger partial charge in [0.2, 0.25) is 0 Å². The van der Waals surface area contributed by atoms with Gasteiger partial charge in [0.15, 0.2) is 5.00 Å².